The van der Waals surface area contributed by atoms with E-state index in [0.717, 1.165) is 19.3 Å². The Hall–Kier alpha value is -1.17. The van der Waals surface area contributed by atoms with Gasteiger partial charge in [-0.1, -0.05) is 19.1 Å². The molecular weight excluding hydrogens is 274 g/mol. The van der Waals surface area contributed by atoms with Crippen molar-refractivity contribution in [1.82, 2.24) is 9.80 Å². The van der Waals surface area contributed by atoms with Gasteiger partial charge in [-0.05, 0) is 25.2 Å². The molecule has 0 radical (unpaired) electrons. The number of nitrogens with zero attached hydrogens (tertiary/aromatic N) is 2. The van der Waals surface area contributed by atoms with Crippen LogP contribution in [0.2, 0.25) is 0 Å². The van der Waals surface area contributed by atoms with Crippen LogP contribution in [-0.2, 0) is 9.59 Å². The largest absolute Gasteiger partial charge is 0.392 e. The Morgan fingerprint density at radius 2 is 2.10 bits per heavy atom. The maximum absolute atomic E-state index is 12.8. The Labute approximate surface area is 124 Å². The third kappa shape index (κ3) is 1.92. The van der Waals surface area contributed by atoms with Crippen LogP contribution in [0, 0.1) is 11.3 Å². The Kier molecular flexibility index (Phi) is 3.23. The fraction of sp³-hybridized carbons (Fsp3) is 0.786. The number of hydrogen-bond donors (Lipinski definition) is 1. The summed E-state index contributed by atoms with van der Waals surface area (Å²) in [4.78, 5) is 28.6. The molecule has 0 aromatic carbocycles. The van der Waals surface area contributed by atoms with Gasteiger partial charge < -0.3 is 15.5 Å². The summed E-state index contributed by atoms with van der Waals surface area (Å²) in [6.07, 6.45) is 3.01. The zero-order chi connectivity index (χ0) is 14.5. The van der Waals surface area contributed by atoms with Gasteiger partial charge >= 0.3 is 0 Å². The zero-order valence-electron chi connectivity index (χ0n) is 11.8. The Morgan fingerprint density at radius 3 is 2.70 bits per heavy atom. The summed E-state index contributed by atoms with van der Waals surface area (Å²) in [6, 6.07) is 0.195. The van der Waals surface area contributed by atoms with Gasteiger partial charge in [0.1, 0.15) is 0 Å². The lowest BCUT2D eigenvalue weighted by molar-refractivity contribution is -0.149. The second-order valence-corrected chi connectivity index (χ2v) is 6.93. The maximum Gasteiger partial charge on any atom is 0.235 e. The first kappa shape index (κ1) is 13.8. The van der Waals surface area contributed by atoms with E-state index in [1.165, 1.54) is 0 Å². The molecule has 0 bridgehead atoms. The first-order chi connectivity index (χ1) is 9.44. The highest BCUT2D eigenvalue weighted by molar-refractivity contribution is 7.80. The predicted octanol–water partition coefficient (Wildman–Crippen LogP) is 0.522. The van der Waals surface area contributed by atoms with Crippen LogP contribution in [0.3, 0.4) is 0 Å². The van der Waals surface area contributed by atoms with Gasteiger partial charge in [0, 0.05) is 32.1 Å². The molecule has 6 heteroatoms. The summed E-state index contributed by atoms with van der Waals surface area (Å²) in [6.45, 7) is 4.03. The molecule has 3 fully saturated rings. The predicted molar refractivity (Wildman–Crippen MR) is 78.9 cm³/mol. The van der Waals surface area contributed by atoms with E-state index in [2.05, 4.69) is 6.92 Å². The highest BCUT2D eigenvalue weighted by Gasteiger charge is 2.53. The number of fused-ring (bicyclic) bond motifs is 1. The summed E-state index contributed by atoms with van der Waals surface area (Å²) < 4.78 is 0. The van der Waals surface area contributed by atoms with Gasteiger partial charge in [-0.2, -0.15) is 0 Å². The van der Waals surface area contributed by atoms with E-state index in [4.69, 9.17) is 18.0 Å². The average Bonchev–Trinajstić information content (AvgIpc) is 2.75. The fourth-order valence-corrected chi connectivity index (χ4v) is 4.22. The molecule has 2 aliphatic heterocycles. The summed E-state index contributed by atoms with van der Waals surface area (Å²) in [5.74, 6) is 0.820. The van der Waals surface area contributed by atoms with Crippen LogP contribution in [0.4, 0.5) is 0 Å². The molecule has 0 aromatic rings. The van der Waals surface area contributed by atoms with Crippen molar-refractivity contribution in [3.8, 4) is 0 Å². The highest BCUT2D eigenvalue weighted by Crippen LogP contribution is 2.47. The lowest BCUT2D eigenvalue weighted by atomic mass is 9.61. The van der Waals surface area contributed by atoms with E-state index < -0.39 is 5.41 Å². The van der Waals surface area contributed by atoms with Gasteiger partial charge in [0.15, 0.2) is 0 Å². The minimum absolute atomic E-state index is 0.0853. The molecule has 110 valence electrons. The molecule has 1 unspecified atom stereocenters. The lowest BCUT2D eigenvalue weighted by Crippen LogP contribution is -2.61. The van der Waals surface area contributed by atoms with Crippen LogP contribution in [0.5, 0.6) is 0 Å². The molecule has 2 N–H and O–H groups in total. The molecule has 1 atom stereocenters. The molecule has 1 saturated carbocycles. The van der Waals surface area contributed by atoms with Crippen molar-refractivity contribution in [2.75, 3.05) is 19.6 Å². The van der Waals surface area contributed by atoms with Crippen molar-refractivity contribution >= 4 is 29.0 Å². The van der Waals surface area contributed by atoms with Crippen LogP contribution < -0.4 is 5.73 Å². The summed E-state index contributed by atoms with van der Waals surface area (Å²) >= 11 is 5.16. The summed E-state index contributed by atoms with van der Waals surface area (Å²) in [5, 5.41) is 0. The third-order valence-corrected chi connectivity index (χ3v) is 5.45. The van der Waals surface area contributed by atoms with Crippen molar-refractivity contribution in [2.24, 2.45) is 17.1 Å². The molecule has 3 aliphatic rings. The van der Waals surface area contributed by atoms with Crippen LogP contribution in [0.15, 0.2) is 0 Å². The number of carbonyl (C=O) groups excluding carboxylic acids is 2. The van der Waals surface area contributed by atoms with Crippen molar-refractivity contribution in [2.45, 2.75) is 38.6 Å². The lowest BCUT2D eigenvalue weighted by Gasteiger charge is -2.48. The van der Waals surface area contributed by atoms with Gasteiger partial charge in [-0.15, -0.1) is 0 Å². The van der Waals surface area contributed by atoms with Crippen molar-refractivity contribution in [1.29, 1.82) is 0 Å². The molecule has 2 heterocycles. The Balaban J connectivity index is 1.72. The number of hydrogen-bond acceptors (Lipinski definition) is 3. The van der Waals surface area contributed by atoms with Crippen molar-refractivity contribution in [3.63, 3.8) is 0 Å². The van der Waals surface area contributed by atoms with Gasteiger partial charge in [-0.3, -0.25) is 9.59 Å². The second kappa shape index (κ2) is 4.69. The summed E-state index contributed by atoms with van der Waals surface area (Å²) in [5.41, 5.74) is 5.24. The standard InChI is InChI=1S/C14H21N3O2S/c1-9-6-14(7-9,12(15)20)13(19)16-4-5-17-10(8-16)2-3-11(17)18/h9-10H,2-8H2,1H3,(H2,15,20). The maximum atomic E-state index is 12.8. The smallest absolute Gasteiger partial charge is 0.235 e. The number of piperazine rings is 1. The van der Waals surface area contributed by atoms with Gasteiger partial charge in [0.2, 0.25) is 11.8 Å². The SMILES string of the molecule is CC1CC(C(=O)N2CCN3C(=O)CCC3C2)(C(N)=S)C1. The van der Waals surface area contributed by atoms with Crippen LogP contribution in [0.1, 0.15) is 32.6 Å². The number of rotatable bonds is 2. The third-order valence-electron chi connectivity index (χ3n) is 5.06. The average molecular weight is 295 g/mol. The topological polar surface area (TPSA) is 66.6 Å². The number of thiocarbonyl (C=S) groups is 1. The van der Waals surface area contributed by atoms with Gasteiger partial charge in [0.25, 0.3) is 0 Å². The van der Waals surface area contributed by atoms with E-state index in [1.807, 2.05) is 9.80 Å². The molecule has 2 amide bonds. The molecule has 3 rings (SSSR count). The fourth-order valence-electron chi connectivity index (χ4n) is 3.96. The van der Waals surface area contributed by atoms with E-state index in [1.54, 1.807) is 0 Å². The van der Waals surface area contributed by atoms with Crippen LogP contribution in [-0.4, -0.2) is 52.3 Å². The normalized spacial score (nSPS) is 36.5. The van der Waals surface area contributed by atoms with E-state index in [9.17, 15) is 9.59 Å². The molecule has 20 heavy (non-hydrogen) atoms. The highest BCUT2D eigenvalue weighted by atomic mass is 32.1. The Bertz CT molecular complexity index is 473. The number of nitrogens with two attached hydrogens (primary N) is 1. The minimum atomic E-state index is -0.612. The molecule has 1 aliphatic carbocycles. The second-order valence-electron chi connectivity index (χ2n) is 6.49. The first-order valence-electron chi connectivity index (χ1n) is 7.33. The van der Waals surface area contributed by atoms with Crippen LogP contribution >= 0.6 is 12.2 Å². The van der Waals surface area contributed by atoms with Crippen molar-refractivity contribution < 1.29 is 9.59 Å². The molecular formula is C14H21N3O2S. The quantitative estimate of drug-likeness (QED) is 0.754. The van der Waals surface area contributed by atoms with Gasteiger partial charge in [0.05, 0.1) is 10.4 Å². The Morgan fingerprint density at radius 1 is 1.40 bits per heavy atom. The zero-order valence-corrected chi connectivity index (χ0v) is 12.6. The van der Waals surface area contributed by atoms with Gasteiger partial charge in [-0.25, -0.2) is 0 Å². The molecule has 5 nitrogen and oxygen atoms in total. The van der Waals surface area contributed by atoms with E-state index in [0.29, 0.717) is 37.0 Å². The summed E-state index contributed by atoms with van der Waals surface area (Å²) in [7, 11) is 0. The molecule has 2 saturated heterocycles. The van der Waals surface area contributed by atoms with E-state index >= 15 is 0 Å². The number of amides is 2. The van der Waals surface area contributed by atoms with Crippen LogP contribution in [0.25, 0.3) is 0 Å². The van der Waals surface area contributed by atoms with Crippen molar-refractivity contribution in [3.05, 3.63) is 0 Å². The first-order valence-corrected chi connectivity index (χ1v) is 7.73. The molecule has 0 aromatic heterocycles. The van der Waals surface area contributed by atoms with E-state index in [-0.39, 0.29) is 17.9 Å². The molecule has 0 spiro atoms. The minimum Gasteiger partial charge on any atom is -0.392 e. The number of carbonyl (C=O) groups is 2. The monoisotopic (exact) mass is 295 g/mol.